The van der Waals surface area contributed by atoms with Crippen molar-refractivity contribution in [2.45, 2.75) is 33.4 Å². The maximum atomic E-state index is 13.7. The first-order valence-electron chi connectivity index (χ1n) is 6.56. The Labute approximate surface area is 123 Å². The second-order valence-corrected chi connectivity index (χ2v) is 6.11. The summed E-state index contributed by atoms with van der Waals surface area (Å²) in [6.45, 7) is 6.40. The molecule has 0 amide bonds. The summed E-state index contributed by atoms with van der Waals surface area (Å²) in [5, 5.41) is 0. The number of thiazole rings is 1. The van der Waals surface area contributed by atoms with Crippen molar-refractivity contribution >= 4 is 17.0 Å². The molecule has 0 fully saturated rings. The molecule has 0 aliphatic carbocycles. The lowest BCUT2D eigenvalue weighted by Gasteiger charge is -2.24. The van der Waals surface area contributed by atoms with Crippen LogP contribution in [0.3, 0.4) is 0 Å². The molecule has 0 bridgehead atoms. The van der Waals surface area contributed by atoms with Crippen molar-refractivity contribution in [3.63, 3.8) is 0 Å². The molecule has 1 unspecified atom stereocenters. The van der Waals surface area contributed by atoms with Crippen molar-refractivity contribution in [1.29, 1.82) is 0 Å². The molecule has 2 N–H and O–H groups in total. The Hall–Kier alpha value is -1.46. The van der Waals surface area contributed by atoms with Crippen LogP contribution in [0.1, 0.15) is 34.7 Å². The van der Waals surface area contributed by atoms with E-state index in [0.29, 0.717) is 5.56 Å². The van der Waals surface area contributed by atoms with Gasteiger partial charge in [0, 0.05) is 23.7 Å². The predicted molar refractivity (Wildman–Crippen MR) is 82.7 cm³/mol. The van der Waals surface area contributed by atoms with Gasteiger partial charge in [-0.1, -0.05) is 0 Å². The number of aromatic nitrogens is 1. The summed E-state index contributed by atoms with van der Waals surface area (Å²) < 4.78 is 13.7. The zero-order chi connectivity index (χ0) is 14.9. The molecule has 3 nitrogen and oxygen atoms in total. The average Bonchev–Trinajstić information content (AvgIpc) is 2.77. The largest absolute Gasteiger partial charge is 0.369 e. The first-order valence-corrected chi connectivity index (χ1v) is 7.43. The minimum atomic E-state index is -0.205. The minimum absolute atomic E-state index is 0.204. The summed E-state index contributed by atoms with van der Waals surface area (Å²) in [5.41, 5.74) is 11.3. The van der Waals surface area contributed by atoms with Crippen molar-refractivity contribution in [3.05, 3.63) is 45.2 Å². The van der Waals surface area contributed by atoms with Gasteiger partial charge in [0.05, 0.1) is 17.7 Å². The SMILES string of the molecule is Cc1cc(N(C)Cc2scnc2C)c(C(C)N)cc1F. The average molecular weight is 293 g/mol. The highest BCUT2D eigenvalue weighted by atomic mass is 32.1. The van der Waals surface area contributed by atoms with E-state index in [9.17, 15) is 4.39 Å². The third-order valence-corrected chi connectivity index (χ3v) is 4.36. The maximum Gasteiger partial charge on any atom is 0.126 e. The van der Waals surface area contributed by atoms with Gasteiger partial charge in [0.2, 0.25) is 0 Å². The summed E-state index contributed by atoms with van der Waals surface area (Å²) in [4.78, 5) is 7.58. The molecule has 1 heterocycles. The zero-order valence-corrected chi connectivity index (χ0v) is 13.1. The first-order chi connectivity index (χ1) is 9.40. The quantitative estimate of drug-likeness (QED) is 0.937. The molecule has 2 rings (SSSR count). The second-order valence-electron chi connectivity index (χ2n) is 5.17. The highest BCUT2D eigenvalue weighted by Gasteiger charge is 2.15. The molecule has 0 saturated heterocycles. The Morgan fingerprint density at radius 1 is 1.40 bits per heavy atom. The molecule has 0 aliphatic rings. The fourth-order valence-corrected chi connectivity index (χ4v) is 2.99. The Morgan fingerprint density at radius 2 is 2.10 bits per heavy atom. The molecular formula is C15H20FN3S. The Bertz CT molecular complexity index is 607. The van der Waals surface area contributed by atoms with Crippen LogP contribution in [0.2, 0.25) is 0 Å². The van der Waals surface area contributed by atoms with Gasteiger partial charge in [0.25, 0.3) is 0 Å². The third kappa shape index (κ3) is 2.99. The van der Waals surface area contributed by atoms with Crippen LogP contribution in [-0.2, 0) is 6.54 Å². The van der Waals surface area contributed by atoms with Gasteiger partial charge in [0.15, 0.2) is 0 Å². The predicted octanol–water partition coefficient (Wildman–Crippen LogP) is 3.56. The number of nitrogens with two attached hydrogens (primary N) is 1. The number of benzene rings is 1. The lowest BCUT2D eigenvalue weighted by atomic mass is 10.0. The maximum absolute atomic E-state index is 13.7. The smallest absolute Gasteiger partial charge is 0.126 e. The first kappa shape index (κ1) is 14.9. The molecule has 108 valence electrons. The van der Waals surface area contributed by atoms with E-state index in [1.165, 1.54) is 4.88 Å². The molecule has 0 spiro atoms. The second kappa shape index (κ2) is 5.89. The van der Waals surface area contributed by atoms with Crippen LogP contribution in [0, 0.1) is 19.7 Å². The van der Waals surface area contributed by atoms with E-state index in [4.69, 9.17) is 5.73 Å². The highest BCUT2D eigenvalue weighted by Crippen LogP contribution is 2.29. The van der Waals surface area contributed by atoms with Gasteiger partial charge in [-0.2, -0.15) is 0 Å². The summed E-state index contributed by atoms with van der Waals surface area (Å²) >= 11 is 1.64. The van der Waals surface area contributed by atoms with Crippen molar-refractivity contribution in [2.75, 3.05) is 11.9 Å². The zero-order valence-electron chi connectivity index (χ0n) is 12.3. The topological polar surface area (TPSA) is 42.2 Å². The monoisotopic (exact) mass is 293 g/mol. The minimum Gasteiger partial charge on any atom is -0.369 e. The van der Waals surface area contributed by atoms with Gasteiger partial charge in [-0.15, -0.1) is 11.3 Å². The van der Waals surface area contributed by atoms with E-state index < -0.39 is 0 Å². The van der Waals surface area contributed by atoms with Gasteiger partial charge < -0.3 is 10.6 Å². The van der Waals surface area contributed by atoms with E-state index in [-0.39, 0.29) is 11.9 Å². The lowest BCUT2D eigenvalue weighted by molar-refractivity contribution is 0.612. The molecule has 2 aromatic rings. The van der Waals surface area contributed by atoms with Crippen LogP contribution < -0.4 is 10.6 Å². The molecule has 0 saturated carbocycles. The van der Waals surface area contributed by atoms with Crippen LogP contribution in [0.4, 0.5) is 10.1 Å². The molecule has 20 heavy (non-hydrogen) atoms. The Morgan fingerprint density at radius 3 is 2.65 bits per heavy atom. The fourth-order valence-electron chi connectivity index (χ4n) is 2.16. The molecule has 1 aromatic heterocycles. The standard InChI is InChI=1S/C15H20FN3S/c1-9-5-14(12(10(2)17)6-13(9)16)19(4)7-15-11(3)18-8-20-15/h5-6,8,10H,7,17H2,1-4H3. The fraction of sp³-hybridized carbons (Fsp3) is 0.400. The van der Waals surface area contributed by atoms with Crippen molar-refractivity contribution in [1.82, 2.24) is 4.98 Å². The number of hydrogen-bond acceptors (Lipinski definition) is 4. The number of rotatable bonds is 4. The van der Waals surface area contributed by atoms with E-state index in [1.807, 2.05) is 32.5 Å². The van der Waals surface area contributed by atoms with Crippen LogP contribution in [0.5, 0.6) is 0 Å². The third-order valence-electron chi connectivity index (χ3n) is 3.44. The molecule has 5 heteroatoms. The molecule has 0 aliphatic heterocycles. The van der Waals surface area contributed by atoms with Crippen LogP contribution in [0.25, 0.3) is 0 Å². The van der Waals surface area contributed by atoms with Gasteiger partial charge in [-0.3, -0.25) is 0 Å². The van der Waals surface area contributed by atoms with Crippen LogP contribution in [0.15, 0.2) is 17.6 Å². The lowest BCUT2D eigenvalue weighted by Crippen LogP contribution is -2.20. The highest BCUT2D eigenvalue weighted by molar-refractivity contribution is 7.09. The molecular weight excluding hydrogens is 273 g/mol. The number of halogens is 1. The van der Waals surface area contributed by atoms with Crippen LogP contribution >= 0.6 is 11.3 Å². The van der Waals surface area contributed by atoms with E-state index >= 15 is 0 Å². The number of nitrogens with zero attached hydrogens (tertiary/aromatic N) is 2. The Balaban J connectivity index is 2.36. The van der Waals surface area contributed by atoms with Crippen molar-refractivity contribution in [2.24, 2.45) is 5.73 Å². The van der Waals surface area contributed by atoms with Crippen molar-refractivity contribution in [3.8, 4) is 0 Å². The summed E-state index contributed by atoms with van der Waals surface area (Å²) in [6, 6.07) is 3.21. The summed E-state index contributed by atoms with van der Waals surface area (Å²) in [6.07, 6.45) is 0. The van der Waals surface area contributed by atoms with Gasteiger partial charge in [0.1, 0.15) is 5.82 Å². The van der Waals surface area contributed by atoms with Gasteiger partial charge >= 0.3 is 0 Å². The summed E-state index contributed by atoms with van der Waals surface area (Å²) in [5.74, 6) is -0.205. The summed E-state index contributed by atoms with van der Waals surface area (Å²) in [7, 11) is 2.00. The van der Waals surface area contributed by atoms with E-state index in [1.54, 1.807) is 24.3 Å². The number of hydrogen-bond donors (Lipinski definition) is 1. The molecule has 1 aromatic carbocycles. The number of aryl methyl sites for hydroxylation is 2. The molecule has 0 radical (unpaired) electrons. The Kier molecular flexibility index (Phi) is 4.40. The van der Waals surface area contributed by atoms with E-state index in [0.717, 1.165) is 23.5 Å². The number of anilines is 1. The van der Waals surface area contributed by atoms with Gasteiger partial charge in [-0.25, -0.2) is 9.37 Å². The molecule has 1 atom stereocenters. The normalized spacial score (nSPS) is 12.5. The van der Waals surface area contributed by atoms with Gasteiger partial charge in [-0.05, 0) is 44.0 Å². The van der Waals surface area contributed by atoms with Crippen LogP contribution in [-0.4, -0.2) is 12.0 Å². The van der Waals surface area contributed by atoms with E-state index in [2.05, 4.69) is 9.88 Å². The van der Waals surface area contributed by atoms with Crippen molar-refractivity contribution < 1.29 is 4.39 Å².